The molecular weight excluding hydrogens is 472 g/mol. The molecule has 3 heterocycles. The molecule has 1 aliphatic rings. The Morgan fingerprint density at radius 3 is 2.72 bits per heavy atom. The van der Waals surface area contributed by atoms with E-state index in [1.165, 1.54) is 29.6 Å². The van der Waals surface area contributed by atoms with E-state index in [4.69, 9.17) is 15.7 Å². The van der Waals surface area contributed by atoms with Crippen molar-refractivity contribution in [1.82, 2.24) is 29.4 Å². The van der Waals surface area contributed by atoms with Crippen molar-refractivity contribution in [2.45, 2.75) is 31.7 Å². The summed E-state index contributed by atoms with van der Waals surface area (Å²) in [4.78, 5) is 48.5. The Kier molecular flexibility index (Phi) is 6.37. The van der Waals surface area contributed by atoms with E-state index < -0.39 is 52.0 Å². The predicted octanol–water partition coefficient (Wildman–Crippen LogP) is -2.29. The van der Waals surface area contributed by atoms with E-state index in [0.29, 0.717) is 0 Å². The molecule has 2 amide bonds. The van der Waals surface area contributed by atoms with Gasteiger partial charge in [0, 0.05) is 5.38 Å². The van der Waals surface area contributed by atoms with Crippen LogP contribution in [-0.2, 0) is 36.1 Å². The second-order valence-electron chi connectivity index (χ2n) is 6.34. The third-order valence-corrected chi connectivity index (χ3v) is 5.80. The van der Waals surface area contributed by atoms with Gasteiger partial charge in [-0.25, -0.2) is 19.1 Å². The van der Waals surface area contributed by atoms with E-state index in [0.717, 1.165) is 11.3 Å². The number of anilines is 1. The maximum atomic E-state index is 12.8. The molecule has 2 aromatic rings. The number of nitrogens with two attached hydrogens (primary N) is 1. The zero-order chi connectivity index (χ0) is 23.6. The number of hydrogen-bond acceptors (Lipinski definition) is 12. The Hall–Kier alpha value is -3.64. The number of nitrogens with one attached hydrogen (secondary N) is 1. The van der Waals surface area contributed by atoms with E-state index in [9.17, 15) is 27.4 Å². The fraction of sp³-hybridized carbons (Fsp3) is 0.357. The van der Waals surface area contributed by atoms with Gasteiger partial charge < -0.3 is 21.0 Å². The Morgan fingerprint density at radius 1 is 1.47 bits per heavy atom. The van der Waals surface area contributed by atoms with E-state index in [1.54, 1.807) is 0 Å². The molecule has 16 nitrogen and oxygen atoms in total. The first-order valence-corrected chi connectivity index (χ1v) is 10.9. The summed E-state index contributed by atoms with van der Waals surface area (Å²) in [6, 6.07) is -2.63. The van der Waals surface area contributed by atoms with Crippen LogP contribution in [-0.4, -0.2) is 83.8 Å². The molecule has 172 valence electrons. The van der Waals surface area contributed by atoms with Crippen LogP contribution in [0.25, 0.3) is 0 Å². The lowest BCUT2D eigenvalue weighted by Crippen LogP contribution is -2.73. The molecule has 32 heavy (non-hydrogen) atoms. The molecule has 0 unspecified atom stereocenters. The van der Waals surface area contributed by atoms with Crippen molar-refractivity contribution >= 4 is 50.3 Å². The Morgan fingerprint density at radius 2 is 2.19 bits per heavy atom. The number of thiazole rings is 1. The molecule has 0 saturated carbocycles. The van der Waals surface area contributed by atoms with Gasteiger partial charge in [0.1, 0.15) is 24.4 Å². The lowest BCUT2D eigenvalue weighted by atomic mass is 9.98. The summed E-state index contributed by atoms with van der Waals surface area (Å²) >= 11 is 0.965. The predicted molar refractivity (Wildman–Crippen MR) is 105 cm³/mol. The summed E-state index contributed by atoms with van der Waals surface area (Å²) in [6.45, 7) is 0.948. The molecule has 0 aliphatic carbocycles. The lowest BCUT2D eigenvalue weighted by Gasteiger charge is -2.43. The highest BCUT2D eigenvalue weighted by Gasteiger charge is 2.54. The van der Waals surface area contributed by atoms with Gasteiger partial charge in [-0.05, 0) is 6.92 Å². The largest absolute Gasteiger partial charge is 0.478 e. The van der Waals surface area contributed by atoms with Gasteiger partial charge >= 0.3 is 16.3 Å². The first-order chi connectivity index (χ1) is 15.0. The number of carboxylic acid groups (broad SMARTS) is 1. The topological polar surface area (TPSA) is 232 Å². The molecular formula is C14H16N8O8S2. The molecule has 5 N–H and O–H groups in total. The van der Waals surface area contributed by atoms with Crippen LogP contribution in [0.15, 0.2) is 23.2 Å². The molecule has 18 heteroatoms. The van der Waals surface area contributed by atoms with Crippen LogP contribution in [0.4, 0.5) is 5.13 Å². The van der Waals surface area contributed by atoms with Gasteiger partial charge in [0.05, 0.1) is 12.6 Å². The highest BCUT2D eigenvalue weighted by Crippen LogP contribution is 2.25. The fourth-order valence-electron chi connectivity index (χ4n) is 2.65. The summed E-state index contributed by atoms with van der Waals surface area (Å²) in [5, 5.41) is 20.0. The zero-order valence-corrected chi connectivity index (χ0v) is 17.7. The average Bonchev–Trinajstić information content (AvgIpc) is 3.36. The molecule has 0 spiro atoms. The van der Waals surface area contributed by atoms with Crippen LogP contribution in [0.1, 0.15) is 12.6 Å². The fourth-order valence-corrected chi connectivity index (χ4v) is 4.07. The van der Waals surface area contributed by atoms with Crippen LogP contribution in [0, 0.1) is 0 Å². The highest BCUT2D eigenvalue weighted by atomic mass is 32.2. The monoisotopic (exact) mass is 488 g/mol. The van der Waals surface area contributed by atoms with Crippen LogP contribution < -0.4 is 11.1 Å². The van der Waals surface area contributed by atoms with Crippen molar-refractivity contribution < 1.29 is 37.3 Å². The number of β-lactam (4-membered cyclic amide) rings is 1. The van der Waals surface area contributed by atoms with Crippen molar-refractivity contribution in [2.24, 2.45) is 5.16 Å². The van der Waals surface area contributed by atoms with Crippen molar-refractivity contribution in [3.05, 3.63) is 23.7 Å². The SMILES string of the molecule is C[C@H](O/N=C(\C(=O)N[C@@H]1C(=O)N(S(=O)(=O)O)[C@@H]1Cn1cncn1)c1csc(N)n1)C(=O)O. The second-order valence-corrected chi connectivity index (χ2v) is 8.52. The summed E-state index contributed by atoms with van der Waals surface area (Å²) < 4.78 is 33.9. The van der Waals surface area contributed by atoms with Crippen molar-refractivity contribution in [3.8, 4) is 0 Å². The molecule has 3 atom stereocenters. The Labute approximate surface area is 183 Å². The van der Waals surface area contributed by atoms with Crippen molar-refractivity contribution in [1.29, 1.82) is 0 Å². The summed E-state index contributed by atoms with van der Waals surface area (Å²) in [6.07, 6.45) is 1.01. The van der Waals surface area contributed by atoms with Gasteiger partial charge in [0.15, 0.2) is 10.8 Å². The molecule has 0 radical (unpaired) electrons. The number of nitrogens with zero attached hydrogens (tertiary/aromatic N) is 6. The normalized spacial score (nSPS) is 19.9. The van der Waals surface area contributed by atoms with Gasteiger partial charge in [-0.15, -0.1) is 11.3 Å². The lowest BCUT2D eigenvalue weighted by molar-refractivity contribution is -0.149. The van der Waals surface area contributed by atoms with E-state index in [2.05, 4.69) is 25.5 Å². The minimum atomic E-state index is -4.91. The van der Waals surface area contributed by atoms with Gasteiger partial charge in [0.2, 0.25) is 6.10 Å². The molecule has 3 rings (SSSR count). The minimum Gasteiger partial charge on any atom is -0.478 e. The number of hydrogen-bond donors (Lipinski definition) is 4. The number of aliphatic carboxylic acids is 1. The number of carboxylic acids is 1. The van der Waals surface area contributed by atoms with Crippen LogP contribution in [0.2, 0.25) is 0 Å². The maximum absolute atomic E-state index is 12.8. The van der Waals surface area contributed by atoms with Crippen LogP contribution >= 0.6 is 11.3 Å². The maximum Gasteiger partial charge on any atom is 0.362 e. The van der Waals surface area contributed by atoms with Gasteiger partial charge in [0.25, 0.3) is 11.8 Å². The summed E-state index contributed by atoms with van der Waals surface area (Å²) in [5.41, 5.74) is 5.00. The van der Waals surface area contributed by atoms with E-state index in [-0.39, 0.29) is 21.7 Å². The van der Waals surface area contributed by atoms with Gasteiger partial charge in [-0.1, -0.05) is 5.16 Å². The summed E-state index contributed by atoms with van der Waals surface area (Å²) in [5.74, 6) is -3.48. The third-order valence-electron chi connectivity index (χ3n) is 4.17. The molecule has 1 saturated heterocycles. The van der Waals surface area contributed by atoms with E-state index >= 15 is 0 Å². The quantitative estimate of drug-likeness (QED) is 0.126. The smallest absolute Gasteiger partial charge is 0.362 e. The Bertz CT molecular complexity index is 1160. The first kappa shape index (κ1) is 23.0. The number of rotatable bonds is 9. The van der Waals surface area contributed by atoms with Crippen molar-refractivity contribution in [2.75, 3.05) is 5.73 Å². The molecule has 1 fully saturated rings. The first-order valence-electron chi connectivity index (χ1n) is 8.61. The zero-order valence-electron chi connectivity index (χ0n) is 16.1. The third kappa shape index (κ3) is 4.81. The number of amides is 2. The minimum absolute atomic E-state index is 0.0613. The van der Waals surface area contributed by atoms with Crippen LogP contribution in [0.5, 0.6) is 0 Å². The Balaban J connectivity index is 1.85. The number of nitrogen functional groups attached to an aromatic ring is 1. The standard InChI is InChI=1S/C14H16N8O8S2/c1-6(13(25)26)30-20-9(7-3-31-14(15)18-7)11(23)19-10-8(2-21-5-16-4-17-21)22(12(10)24)32(27,28)29/h3-6,8,10H,2H2,1H3,(H2,15,18)(H,19,23)(H,25,26)(H,27,28,29)/b20-9-/t6-,8+,10-/m0/s1. The number of aromatic nitrogens is 4. The summed E-state index contributed by atoms with van der Waals surface area (Å²) in [7, 11) is -4.91. The molecule has 1 aliphatic heterocycles. The second kappa shape index (κ2) is 8.85. The highest BCUT2D eigenvalue weighted by molar-refractivity contribution is 7.84. The molecule has 2 aromatic heterocycles. The van der Waals surface area contributed by atoms with Gasteiger partial charge in [-0.2, -0.15) is 13.5 Å². The number of carbonyl (C=O) groups is 3. The molecule has 0 aromatic carbocycles. The molecule has 0 bridgehead atoms. The van der Waals surface area contributed by atoms with E-state index in [1.807, 2.05) is 0 Å². The van der Waals surface area contributed by atoms with Crippen molar-refractivity contribution in [3.63, 3.8) is 0 Å². The number of oxime groups is 1. The van der Waals surface area contributed by atoms with Gasteiger partial charge in [-0.3, -0.25) is 18.8 Å². The average molecular weight is 488 g/mol. The number of carbonyl (C=O) groups excluding carboxylic acids is 2. The van der Waals surface area contributed by atoms with Crippen LogP contribution in [0.3, 0.4) is 0 Å².